The molecule has 0 aliphatic carbocycles. The van der Waals surface area contributed by atoms with Crippen LogP contribution in [-0.4, -0.2) is 63.0 Å². The van der Waals surface area contributed by atoms with Crippen LogP contribution in [0.2, 0.25) is 0 Å². The fraction of sp³-hybridized carbons (Fsp3) is 0.923. The van der Waals surface area contributed by atoms with Crippen molar-refractivity contribution in [3.8, 4) is 0 Å². The lowest BCUT2D eigenvalue weighted by molar-refractivity contribution is -0.123. The van der Waals surface area contributed by atoms with Crippen molar-refractivity contribution in [1.82, 2.24) is 15.1 Å². The molecule has 17 heavy (non-hydrogen) atoms. The summed E-state index contributed by atoms with van der Waals surface area (Å²) in [5.74, 6) is 0.244. The van der Waals surface area contributed by atoms with E-state index >= 15 is 0 Å². The lowest BCUT2D eigenvalue weighted by atomic mass is 10.2. The first-order valence-electron chi connectivity index (χ1n) is 6.54. The molecule has 0 atom stereocenters. The lowest BCUT2D eigenvalue weighted by Gasteiger charge is -2.18. The second kappa shape index (κ2) is 9.42. The van der Waals surface area contributed by atoms with Gasteiger partial charge in [-0.25, -0.2) is 0 Å². The van der Waals surface area contributed by atoms with Gasteiger partial charge in [-0.2, -0.15) is 0 Å². The van der Waals surface area contributed by atoms with E-state index < -0.39 is 0 Å². The van der Waals surface area contributed by atoms with Crippen molar-refractivity contribution in [2.45, 2.75) is 26.7 Å². The van der Waals surface area contributed by atoms with Gasteiger partial charge in [-0.05, 0) is 53.6 Å². The summed E-state index contributed by atoms with van der Waals surface area (Å²) in [6.07, 6.45) is 2.22. The van der Waals surface area contributed by atoms with Crippen LogP contribution in [0.4, 0.5) is 0 Å². The van der Waals surface area contributed by atoms with Gasteiger partial charge in [0.25, 0.3) is 0 Å². The van der Waals surface area contributed by atoms with E-state index in [1.54, 1.807) is 0 Å². The zero-order valence-corrected chi connectivity index (χ0v) is 12.1. The van der Waals surface area contributed by atoms with Gasteiger partial charge in [-0.1, -0.05) is 13.8 Å². The summed E-state index contributed by atoms with van der Waals surface area (Å²) in [5.41, 5.74) is 0. The zero-order valence-electron chi connectivity index (χ0n) is 12.1. The van der Waals surface area contributed by atoms with E-state index in [1.165, 1.54) is 6.42 Å². The molecule has 0 saturated carbocycles. The molecule has 0 aliphatic heterocycles. The average Bonchev–Trinajstić information content (AvgIpc) is 2.23. The molecular weight excluding hydrogens is 214 g/mol. The Hall–Kier alpha value is -0.610. The van der Waals surface area contributed by atoms with Gasteiger partial charge in [-0.15, -0.1) is 0 Å². The van der Waals surface area contributed by atoms with Crippen LogP contribution < -0.4 is 5.32 Å². The van der Waals surface area contributed by atoms with Crippen LogP contribution in [0.25, 0.3) is 0 Å². The van der Waals surface area contributed by atoms with Crippen LogP contribution in [-0.2, 0) is 4.79 Å². The first-order chi connectivity index (χ1) is 7.93. The quantitative estimate of drug-likeness (QED) is 0.622. The largest absolute Gasteiger partial charge is 0.356 e. The molecule has 0 aromatic rings. The molecule has 4 heteroatoms. The Balaban J connectivity index is 0. The molecule has 1 amide bonds. The van der Waals surface area contributed by atoms with Gasteiger partial charge in [0.2, 0.25) is 5.91 Å². The maximum absolute atomic E-state index is 11.3. The Labute approximate surface area is 108 Å². The monoisotopic (exact) mass is 245 g/mol. The van der Waals surface area contributed by atoms with Crippen molar-refractivity contribution in [2.24, 2.45) is 5.92 Å². The van der Waals surface area contributed by atoms with E-state index in [0.717, 1.165) is 32.6 Å². The molecule has 104 valence electrons. The number of amides is 1. The van der Waals surface area contributed by atoms with E-state index in [1.807, 2.05) is 13.8 Å². The molecule has 4 nitrogen and oxygen atoms in total. The third-order valence-corrected chi connectivity index (χ3v) is 2.69. The first kappa shape index (κ1) is 16.4. The average molecular weight is 245 g/mol. The van der Waals surface area contributed by atoms with E-state index in [0.29, 0.717) is 0 Å². The topological polar surface area (TPSA) is 35.6 Å². The first-order valence-corrected chi connectivity index (χ1v) is 6.54. The van der Waals surface area contributed by atoms with Crippen molar-refractivity contribution in [2.75, 3.05) is 47.3 Å². The highest BCUT2D eigenvalue weighted by Crippen LogP contribution is 1.93. The maximum Gasteiger partial charge on any atom is 0.222 e. The van der Waals surface area contributed by atoms with Crippen LogP contribution in [0.15, 0.2) is 0 Å². The zero-order chi connectivity index (χ0) is 13.3. The summed E-state index contributed by atoms with van der Waals surface area (Å²) in [5, 5.41) is 2.94. The summed E-state index contributed by atoms with van der Waals surface area (Å²) in [4.78, 5) is 15.8. The molecule has 0 aromatic carbocycles. The van der Waals surface area contributed by atoms with Crippen molar-refractivity contribution in [3.05, 3.63) is 0 Å². The van der Waals surface area contributed by atoms with Gasteiger partial charge in [0.15, 0.2) is 0 Å². The molecule has 0 spiro atoms. The molecule has 0 aliphatic rings. The Morgan fingerprint density at radius 2 is 1.71 bits per heavy atom. The number of carbonyl (C=O) groups excluding carboxylic acids is 1. The highest BCUT2D eigenvalue weighted by Gasteiger charge is 2.05. The molecule has 0 saturated heterocycles. The minimum absolute atomic E-state index is 0. The molecular formula is C13H31N3O. The van der Waals surface area contributed by atoms with Crippen molar-refractivity contribution in [3.63, 3.8) is 0 Å². The SMILES string of the molecule is CC(C)C(=O)NCCCN(C)CCCN(C)C.[HH]. The van der Waals surface area contributed by atoms with Crippen LogP contribution in [0, 0.1) is 5.92 Å². The molecule has 0 aromatic heterocycles. The van der Waals surface area contributed by atoms with Crippen LogP contribution in [0.5, 0.6) is 0 Å². The van der Waals surface area contributed by atoms with Crippen molar-refractivity contribution < 1.29 is 6.22 Å². The highest BCUT2D eigenvalue weighted by molar-refractivity contribution is 5.77. The van der Waals surface area contributed by atoms with Gasteiger partial charge in [0, 0.05) is 13.9 Å². The highest BCUT2D eigenvalue weighted by atomic mass is 16.1. The standard InChI is InChI=1S/C13H29N3O.H2/c1-12(2)13(17)14-8-6-10-16(5)11-7-9-15(3)4;/h12H,6-11H2,1-5H3,(H,14,17);1H. The smallest absolute Gasteiger partial charge is 0.222 e. The van der Waals surface area contributed by atoms with Gasteiger partial charge in [0.05, 0.1) is 0 Å². The number of carbonyl (C=O) groups is 1. The number of hydrogen-bond acceptors (Lipinski definition) is 3. The number of nitrogens with zero attached hydrogens (tertiary/aromatic N) is 2. The minimum Gasteiger partial charge on any atom is -0.356 e. The summed E-state index contributed by atoms with van der Waals surface area (Å²) < 4.78 is 0. The van der Waals surface area contributed by atoms with Gasteiger partial charge in [0.1, 0.15) is 0 Å². The minimum atomic E-state index is 0. The van der Waals surface area contributed by atoms with E-state index in [2.05, 4.69) is 36.3 Å². The number of rotatable bonds is 9. The van der Waals surface area contributed by atoms with Crippen molar-refractivity contribution >= 4 is 5.91 Å². The third-order valence-electron chi connectivity index (χ3n) is 2.69. The van der Waals surface area contributed by atoms with Crippen LogP contribution in [0.3, 0.4) is 0 Å². The fourth-order valence-corrected chi connectivity index (χ4v) is 1.53. The Morgan fingerprint density at radius 3 is 2.24 bits per heavy atom. The summed E-state index contributed by atoms with van der Waals surface area (Å²) >= 11 is 0. The van der Waals surface area contributed by atoms with Crippen LogP contribution in [0.1, 0.15) is 28.1 Å². The second-order valence-corrected chi connectivity index (χ2v) is 5.26. The molecule has 0 rings (SSSR count). The lowest BCUT2D eigenvalue weighted by Crippen LogP contribution is -2.31. The molecule has 0 radical (unpaired) electrons. The Kier molecular flexibility index (Phi) is 9.09. The van der Waals surface area contributed by atoms with E-state index in [9.17, 15) is 4.79 Å². The molecule has 0 bridgehead atoms. The molecule has 0 fully saturated rings. The Morgan fingerprint density at radius 1 is 1.12 bits per heavy atom. The van der Waals surface area contributed by atoms with Gasteiger partial charge in [-0.3, -0.25) is 4.79 Å². The van der Waals surface area contributed by atoms with Gasteiger partial charge < -0.3 is 15.1 Å². The van der Waals surface area contributed by atoms with Gasteiger partial charge >= 0.3 is 0 Å². The second-order valence-electron chi connectivity index (χ2n) is 5.26. The van der Waals surface area contributed by atoms with Crippen LogP contribution >= 0.6 is 0 Å². The normalized spacial score (nSPS) is 11.5. The molecule has 0 unspecified atom stereocenters. The summed E-state index contributed by atoms with van der Waals surface area (Å²) in [7, 11) is 6.34. The molecule has 0 heterocycles. The predicted octanol–water partition coefficient (Wildman–Crippen LogP) is 1.28. The predicted molar refractivity (Wildman–Crippen MR) is 75.2 cm³/mol. The van der Waals surface area contributed by atoms with E-state index in [4.69, 9.17) is 0 Å². The Bertz CT molecular complexity index is 210. The third kappa shape index (κ3) is 10.3. The summed E-state index contributed by atoms with van der Waals surface area (Å²) in [6, 6.07) is 0. The summed E-state index contributed by atoms with van der Waals surface area (Å²) in [6.45, 7) is 7.93. The number of hydrogen-bond donors (Lipinski definition) is 1. The number of nitrogens with one attached hydrogen (secondary N) is 1. The fourth-order valence-electron chi connectivity index (χ4n) is 1.53. The molecule has 1 N–H and O–H groups in total. The van der Waals surface area contributed by atoms with E-state index in [-0.39, 0.29) is 13.3 Å². The van der Waals surface area contributed by atoms with Crippen molar-refractivity contribution in [1.29, 1.82) is 0 Å². The maximum atomic E-state index is 11.3.